The summed E-state index contributed by atoms with van der Waals surface area (Å²) in [5, 5.41) is 0. The molecule has 86 valence electrons. The van der Waals surface area contributed by atoms with E-state index in [1.807, 2.05) is 46.0 Å². The van der Waals surface area contributed by atoms with E-state index in [4.69, 9.17) is 0 Å². The van der Waals surface area contributed by atoms with Crippen LogP contribution in [0.4, 0.5) is 0 Å². The number of para-hydroxylation sites is 1. The van der Waals surface area contributed by atoms with Gasteiger partial charge < -0.3 is 4.90 Å². The van der Waals surface area contributed by atoms with E-state index >= 15 is 0 Å². The summed E-state index contributed by atoms with van der Waals surface area (Å²) in [6.45, 7) is 1.70. The number of hydrogen-bond acceptors (Lipinski definition) is 2. The van der Waals surface area contributed by atoms with Crippen LogP contribution in [0, 0.1) is 0 Å². The molecule has 0 spiro atoms. The molecule has 2 heterocycles. The van der Waals surface area contributed by atoms with E-state index in [0.29, 0.717) is 5.82 Å². The molecule has 0 saturated carbocycles. The van der Waals surface area contributed by atoms with E-state index in [2.05, 4.69) is 4.98 Å². The normalized spacial score (nSPS) is 14.5. The SMILES string of the molecule is O=C(c1nccn1-c1ccccc1)N1CCC1. The molecule has 1 aromatic carbocycles. The molecule has 0 N–H and O–H groups in total. The third kappa shape index (κ3) is 1.71. The predicted octanol–water partition coefficient (Wildman–Crippen LogP) is 1.72. The van der Waals surface area contributed by atoms with Crippen molar-refractivity contribution in [2.24, 2.45) is 0 Å². The third-order valence-electron chi connectivity index (χ3n) is 3.01. The van der Waals surface area contributed by atoms with Gasteiger partial charge in [0.1, 0.15) is 0 Å². The monoisotopic (exact) mass is 227 g/mol. The highest BCUT2D eigenvalue weighted by atomic mass is 16.2. The average Bonchev–Trinajstić information content (AvgIpc) is 2.76. The lowest BCUT2D eigenvalue weighted by Crippen LogP contribution is -2.43. The molecular formula is C13H13N3O. The van der Waals surface area contributed by atoms with Crippen molar-refractivity contribution in [3.8, 4) is 5.69 Å². The number of nitrogens with zero attached hydrogens (tertiary/aromatic N) is 3. The number of amides is 1. The molecule has 3 rings (SSSR count). The quantitative estimate of drug-likeness (QED) is 0.783. The predicted molar refractivity (Wildman–Crippen MR) is 64.1 cm³/mol. The molecule has 1 aliphatic rings. The zero-order valence-corrected chi connectivity index (χ0v) is 9.41. The molecule has 0 aliphatic carbocycles. The molecule has 17 heavy (non-hydrogen) atoms. The van der Waals surface area contributed by atoms with Crippen LogP contribution in [-0.4, -0.2) is 33.4 Å². The Balaban J connectivity index is 1.96. The fourth-order valence-corrected chi connectivity index (χ4v) is 1.92. The fraction of sp³-hybridized carbons (Fsp3) is 0.231. The Hall–Kier alpha value is -2.10. The minimum Gasteiger partial charge on any atom is -0.336 e. The van der Waals surface area contributed by atoms with E-state index < -0.39 is 0 Å². The molecule has 4 heteroatoms. The van der Waals surface area contributed by atoms with Gasteiger partial charge in [-0.15, -0.1) is 0 Å². The molecule has 0 atom stereocenters. The Morgan fingerprint density at radius 2 is 1.94 bits per heavy atom. The number of rotatable bonds is 2. The molecule has 0 bridgehead atoms. The van der Waals surface area contributed by atoms with Crippen LogP contribution in [0.25, 0.3) is 5.69 Å². The van der Waals surface area contributed by atoms with E-state index in [1.165, 1.54) is 0 Å². The first-order valence-corrected chi connectivity index (χ1v) is 5.74. The van der Waals surface area contributed by atoms with Gasteiger partial charge in [0.2, 0.25) is 5.82 Å². The minimum absolute atomic E-state index is 0.0186. The Kier molecular flexibility index (Phi) is 2.40. The molecule has 1 aromatic heterocycles. The van der Waals surface area contributed by atoms with Crippen LogP contribution in [-0.2, 0) is 0 Å². The van der Waals surface area contributed by atoms with Crippen LogP contribution in [0.15, 0.2) is 42.7 Å². The standard InChI is InChI=1S/C13H13N3O/c17-13(15-8-4-9-15)12-14-7-10-16(12)11-5-2-1-3-6-11/h1-3,5-7,10H,4,8-9H2. The second kappa shape index (κ2) is 4.05. The van der Waals surface area contributed by atoms with Crippen LogP contribution < -0.4 is 0 Å². The molecule has 1 saturated heterocycles. The van der Waals surface area contributed by atoms with E-state index in [9.17, 15) is 4.79 Å². The van der Waals surface area contributed by atoms with Crippen molar-refractivity contribution in [2.75, 3.05) is 13.1 Å². The van der Waals surface area contributed by atoms with Gasteiger partial charge in [-0.05, 0) is 18.6 Å². The molecule has 4 nitrogen and oxygen atoms in total. The van der Waals surface area contributed by atoms with Gasteiger partial charge in [0.25, 0.3) is 5.91 Å². The summed E-state index contributed by atoms with van der Waals surface area (Å²) in [4.78, 5) is 18.1. The maximum atomic E-state index is 12.1. The maximum absolute atomic E-state index is 12.1. The zero-order valence-electron chi connectivity index (χ0n) is 9.41. The number of imidazole rings is 1. The van der Waals surface area contributed by atoms with Crippen molar-refractivity contribution in [1.82, 2.24) is 14.5 Å². The number of carbonyl (C=O) groups excluding carboxylic acids is 1. The molecular weight excluding hydrogens is 214 g/mol. The number of carbonyl (C=O) groups is 1. The summed E-state index contributed by atoms with van der Waals surface area (Å²) in [6.07, 6.45) is 4.58. The lowest BCUT2D eigenvalue weighted by atomic mass is 10.2. The number of aromatic nitrogens is 2. The van der Waals surface area contributed by atoms with Gasteiger partial charge in [0, 0.05) is 31.2 Å². The Morgan fingerprint density at radius 3 is 2.59 bits per heavy atom. The lowest BCUT2D eigenvalue weighted by molar-refractivity contribution is 0.0637. The van der Waals surface area contributed by atoms with Crippen molar-refractivity contribution < 1.29 is 4.79 Å². The molecule has 1 amide bonds. The molecule has 1 fully saturated rings. The summed E-state index contributed by atoms with van der Waals surface area (Å²) in [5.74, 6) is 0.515. The van der Waals surface area contributed by atoms with Crippen molar-refractivity contribution in [1.29, 1.82) is 0 Å². The summed E-state index contributed by atoms with van der Waals surface area (Å²) in [7, 11) is 0. The van der Waals surface area contributed by atoms with Gasteiger partial charge in [0.05, 0.1) is 0 Å². The van der Waals surface area contributed by atoms with Crippen LogP contribution in [0.5, 0.6) is 0 Å². The Morgan fingerprint density at radius 1 is 1.18 bits per heavy atom. The second-order valence-corrected chi connectivity index (χ2v) is 4.10. The average molecular weight is 227 g/mol. The van der Waals surface area contributed by atoms with Crippen LogP contribution in [0.2, 0.25) is 0 Å². The first-order valence-electron chi connectivity index (χ1n) is 5.74. The molecule has 1 aliphatic heterocycles. The number of likely N-dealkylation sites (tertiary alicyclic amines) is 1. The fourth-order valence-electron chi connectivity index (χ4n) is 1.92. The second-order valence-electron chi connectivity index (χ2n) is 4.10. The lowest BCUT2D eigenvalue weighted by Gasteiger charge is -2.30. The smallest absolute Gasteiger partial charge is 0.290 e. The number of hydrogen-bond donors (Lipinski definition) is 0. The van der Waals surface area contributed by atoms with Gasteiger partial charge in [-0.2, -0.15) is 0 Å². The highest BCUT2D eigenvalue weighted by Gasteiger charge is 2.25. The van der Waals surface area contributed by atoms with Gasteiger partial charge in [0.15, 0.2) is 0 Å². The van der Waals surface area contributed by atoms with E-state index in [-0.39, 0.29) is 5.91 Å². The Bertz CT molecular complexity index is 529. The van der Waals surface area contributed by atoms with E-state index in [1.54, 1.807) is 6.20 Å². The Labute approximate surface area is 99.5 Å². The summed E-state index contributed by atoms with van der Waals surface area (Å²) in [6, 6.07) is 9.79. The molecule has 2 aromatic rings. The first-order chi connectivity index (χ1) is 8.36. The minimum atomic E-state index is 0.0186. The van der Waals surface area contributed by atoms with Crippen LogP contribution >= 0.6 is 0 Å². The van der Waals surface area contributed by atoms with E-state index in [0.717, 1.165) is 25.2 Å². The van der Waals surface area contributed by atoms with Crippen molar-refractivity contribution in [3.63, 3.8) is 0 Å². The summed E-state index contributed by atoms with van der Waals surface area (Å²) < 4.78 is 1.83. The zero-order chi connectivity index (χ0) is 11.7. The molecule has 0 unspecified atom stereocenters. The van der Waals surface area contributed by atoms with Gasteiger partial charge >= 0.3 is 0 Å². The highest BCUT2D eigenvalue weighted by Crippen LogP contribution is 2.15. The third-order valence-corrected chi connectivity index (χ3v) is 3.01. The number of benzene rings is 1. The van der Waals surface area contributed by atoms with Crippen LogP contribution in [0.1, 0.15) is 17.0 Å². The van der Waals surface area contributed by atoms with Crippen LogP contribution in [0.3, 0.4) is 0 Å². The van der Waals surface area contributed by atoms with Gasteiger partial charge in [-0.1, -0.05) is 18.2 Å². The van der Waals surface area contributed by atoms with Crippen molar-refractivity contribution in [2.45, 2.75) is 6.42 Å². The largest absolute Gasteiger partial charge is 0.336 e. The summed E-state index contributed by atoms with van der Waals surface area (Å²) in [5.41, 5.74) is 0.967. The van der Waals surface area contributed by atoms with Crippen molar-refractivity contribution >= 4 is 5.91 Å². The van der Waals surface area contributed by atoms with Crippen molar-refractivity contribution in [3.05, 3.63) is 48.5 Å². The first kappa shape index (κ1) is 10.1. The highest BCUT2D eigenvalue weighted by molar-refractivity contribution is 5.91. The summed E-state index contributed by atoms with van der Waals surface area (Å²) >= 11 is 0. The topological polar surface area (TPSA) is 38.1 Å². The molecule has 0 radical (unpaired) electrons. The maximum Gasteiger partial charge on any atom is 0.290 e. The van der Waals surface area contributed by atoms with Gasteiger partial charge in [-0.25, -0.2) is 4.98 Å². The van der Waals surface area contributed by atoms with Gasteiger partial charge in [-0.3, -0.25) is 9.36 Å².